The molecule has 0 aliphatic rings. The van der Waals surface area contributed by atoms with E-state index in [1.165, 1.54) is 11.8 Å². The number of nitriles is 2. The number of aromatic nitrogens is 2. The monoisotopic (exact) mass is 453 g/mol. The van der Waals surface area contributed by atoms with Crippen molar-refractivity contribution in [3.05, 3.63) is 71.4 Å². The van der Waals surface area contributed by atoms with Gasteiger partial charge in [0.05, 0.1) is 12.2 Å². The Morgan fingerprint density at radius 2 is 1.85 bits per heavy atom. The number of hydrogen-bond acceptors (Lipinski definition) is 6. The van der Waals surface area contributed by atoms with Crippen molar-refractivity contribution in [3.8, 4) is 29.0 Å². The van der Waals surface area contributed by atoms with E-state index in [0.717, 1.165) is 40.6 Å². The van der Waals surface area contributed by atoms with Crippen LogP contribution in [0.4, 0.5) is 5.82 Å². The molecule has 0 atom stereocenters. The van der Waals surface area contributed by atoms with Gasteiger partial charge >= 0.3 is 0 Å². The molecule has 7 heteroatoms. The van der Waals surface area contributed by atoms with Gasteiger partial charge in [0.2, 0.25) is 0 Å². The van der Waals surface area contributed by atoms with Crippen LogP contribution in [-0.2, 0) is 5.75 Å². The molecule has 0 aliphatic carbocycles. The predicted octanol–water partition coefficient (Wildman–Crippen LogP) is 6.03. The second kappa shape index (κ2) is 10.1. The van der Waals surface area contributed by atoms with Crippen LogP contribution in [0, 0.1) is 22.7 Å². The van der Waals surface area contributed by atoms with Crippen molar-refractivity contribution in [2.75, 3.05) is 12.3 Å². The molecule has 2 heterocycles. The molecule has 0 radical (unpaired) electrons. The minimum absolute atomic E-state index is 0.122. The number of pyridine rings is 1. The normalized spacial score (nSPS) is 10.6. The largest absolute Gasteiger partial charge is 0.494 e. The van der Waals surface area contributed by atoms with Crippen molar-refractivity contribution in [2.45, 2.75) is 30.5 Å². The van der Waals surface area contributed by atoms with Crippen molar-refractivity contribution >= 4 is 28.5 Å². The molecule has 0 unspecified atom stereocenters. The molecule has 0 fully saturated rings. The van der Waals surface area contributed by atoms with Crippen molar-refractivity contribution in [3.63, 3.8) is 0 Å². The summed E-state index contributed by atoms with van der Waals surface area (Å²) in [6, 6.07) is 19.9. The number of nitrogens with two attached hydrogens (primary N) is 1. The van der Waals surface area contributed by atoms with Crippen molar-refractivity contribution in [2.24, 2.45) is 0 Å². The van der Waals surface area contributed by atoms with Crippen LogP contribution in [0.1, 0.15) is 36.5 Å². The number of nitrogen functional groups attached to an aromatic ring is 1. The molecular formula is C26H23N5OS. The zero-order valence-electron chi connectivity index (χ0n) is 18.3. The highest BCUT2D eigenvalue weighted by molar-refractivity contribution is 7.98. The Hall–Kier alpha value is -3.94. The van der Waals surface area contributed by atoms with Crippen LogP contribution in [0.5, 0.6) is 5.75 Å². The van der Waals surface area contributed by atoms with Crippen LogP contribution in [0.15, 0.2) is 59.8 Å². The van der Waals surface area contributed by atoms with Gasteiger partial charge in [0.15, 0.2) is 0 Å². The van der Waals surface area contributed by atoms with Gasteiger partial charge in [0.25, 0.3) is 0 Å². The molecule has 0 aliphatic heterocycles. The van der Waals surface area contributed by atoms with Crippen molar-refractivity contribution < 1.29 is 4.74 Å². The first-order chi connectivity index (χ1) is 16.2. The maximum absolute atomic E-state index is 10.0. The van der Waals surface area contributed by atoms with Gasteiger partial charge in [-0.3, -0.25) is 0 Å². The summed E-state index contributed by atoms with van der Waals surface area (Å²) in [4.78, 5) is 7.63. The lowest BCUT2D eigenvalue weighted by atomic mass is 9.97. The van der Waals surface area contributed by atoms with E-state index in [9.17, 15) is 10.5 Å². The van der Waals surface area contributed by atoms with E-state index in [0.29, 0.717) is 28.5 Å². The molecule has 4 rings (SSSR count). The van der Waals surface area contributed by atoms with Crippen LogP contribution in [0.3, 0.4) is 0 Å². The lowest BCUT2D eigenvalue weighted by molar-refractivity contribution is 0.309. The highest BCUT2D eigenvalue weighted by Gasteiger charge is 2.21. The first-order valence-electron chi connectivity index (χ1n) is 10.7. The minimum Gasteiger partial charge on any atom is -0.494 e. The number of anilines is 1. The summed E-state index contributed by atoms with van der Waals surface area (Å²) in [6.45, 7) is 2.76. The van der Waals surface area contributed by atoms with Crippen LogP contribution in [0.2, 0.25) is 0 Å². The van der Waals surface area contributed by atoms with Gasteiger partial charge in [0.1, 0.15) is 34.3 Å². The van der Waals surface area contributed by atoms with Crippen LogP contribution < -0.4 is 10.5 Å². The Kier molecular flexibility index (Phi) is 6.83. The molecule has 0 bridgehead atoms. The van der Waals surface area contributed by atoms with Crippen LogP contribution in [-0.4, -0.2) is 16.6 Å². The fraction of sp³-hybridized carbons (Fsp3) is 0.192. The molecule has 0 amide bonds. The van der Waals surface area contributed by atoms with Crippen LogP contribution >= 0.6 is 11.8 Å². The maximum Gasteiger partial charge on any atom is 0.143 e. The molecule has 0 spiro atoms. The molecule has 2 aromatic carbocycles. The molecule has 33 heavy (non-hydrogen) atoms. The van der Waals surface area contributed by atoms with E-state index in [1.54, 1.807) is 0 Å². The average molecular weight is 454 g/mol. The Bertz CT molecular complexity index is 1360. The fourth-order valence-electron chi connectivity index (χ4n) is 3.67. The van der Waals surface area contributed by atoms with Gasteiger partial charge in [-0.05, 0) is 41.8 Å². The van der Waals surface area contributed by atoms with Gasteiger partial charge in [0, 0.05) is 28.4 Å². The zero-order valence-corrected chi connectivity index (χ0v) is 19.1. The number of ether oxygens (including phenoxy) is 1. The van der Waals surface area contributed by atoms with E-state index in [4.69, 9.17) is 10.5 Å². The van der Waals surface area contributed by atoms with Crippen molar-refractivity contribution in [1.29, 1.82) is 10.5 Å². The summed E-state index contributed by atoms with van der Waals surface area (Å²) in [7, 11) is 0. The topological polar surface area (TPSA) is 112 Å². The lowest BCUT2D eigenvalue weighted by Crippen LogP contribution is -2.03. The molecule has 3 N–H and O–H groups in total. The van der Waals surface area contributed by atoms with Crippen LogP contribution in [0.25, 0.3) is 22.0 Å². The summed E-state index contributed by atoms with van der Waals surface area (Å²) < 4.78 is 5.74. The van der Waals surface area contributed by atoms with Crippen molar-refractivity contribution in [1.82, 2.24) is 9.97 Å². The molecule has 4 aromatic rings. The summed E-state index contributed by atoms with van der Waals surface area (Å²) in [5.41, 5.74) is 10.2. The Morgan fingerprint density at radius 1 is 1.06 bits per heavy atom. The first-order valence-corrected chi connectivity index (χ1v) is 11.7. The molecule has 6 nitrogen and oxygen atoms in total. The Morgan fingerprint density at radius 3 is 2.58 bits per heavy atom. The highest BCUT2D eigenvalue weighted by Crippen LogP contribution is 2.37. The highest BCUT2D eigenvalue weighted by atomic mass is 32.2. The third-order valence-electron chi connectivity index (χ3n) is 5.37. The molecule has 0 saturated carbocycles. The number of hydrogen-bond donors (Lipinski definition) is 2. The molecule has 2 aromatic heterocycles. The average Bonchev–Trinajstić information content (AvgIpc) is 3.32. The summed E-state index contributed by atoms with van der Waals surface area (Å²) in [5, 5.41) is 21.4. The number of unbranched alkanes of at least 4 members (excludes halogenated alkanes) is 1. The van der Waals surface area contributed by atoms with Gasteiger partial charge < -0.3 is 15.5 Å². The summed E-state index contributed by atoms with van der Waals surface area (Å²) >= 11 is 1.44. The zero-order chi connectivity index (χ0) is 23.2. The second-order valence-corrected chi connectivity index (χ2v) is 8.49. The fourth-order valence-corrected chi connectivity index (χ4v) is 4.66. The third-order valence-corrected chi connectivity index (χ3v) is 6.40. The number of aromatic amines is 1. The number of fused-ring (bicyclic) bond motifs is 1. The number of rotatable bonds is 8. The van der Waals surface area contributed by atoms with E-state index in [1.807, 2.05) is 48.7 Å². The van der Waals surface area contributed by atoms with E-state index < -0.39 is 0 Å². The SMILES string of the molecule is CCCCOc1ccc(-c2c(C#N)c(N)nc(SCc3cccc4[nH]ccc34)c2C#N)cc1. The third kappa shape index (κ3) is 4.64. The van der Waals surface area contributed by atoms with Gasteiger partial charge in [-0.25, -0.2) is 4.98 Å². The minimum atomic E-state index is 0.122. The number of H-pyrrole nitrogens is 1. The maximum atomic E-state index is 10.0. The number of nitrogens with one attached hydrogen (secondary N) is 1. The number of thioether (sulfide) groups is 1. The van der Waals surface area contributed by atoms with Gasteiger partial charge in [-0.1, -0.05) is 37.6 Å². The smallest absolute Gasteiger partial charge is 0.143 e. The molecule has 0 saturated heterocycles. The summed E-state index contributed by atoms with van der Waals surface area (Å²) in [5.74, 6) is 1.49. The van der Waals surface area contributed by atoms with E-state index in [-0.39, 0.29) is 11.4 Å². The number of nitrogens with zero attached hydrogens (tertiary/aromatic N) is 3. The second-order valence-electron chi connectivity index (χ2n) is 7.52. The predicted molar refractivity (Wildman–Crippen MR) is 132 cm³/mol. The Labute approximate surface area is 197 Å². The molecular weight excluding hydrogens is 430 g/mol. The standard InChI is InChI=1S/C26H23N5OS/c1-2-3-13-32-19-9-7-17(8-10-19)24-21(14-27)25(29)31-26(22(24)15-28)33-16-18-5-4-6-23-20(18)11-12-30-23/h4-12,30H,2-3,13,16H2,1H3,(H2,29,31). The summed E-state index contributed by atoms with van der Waals surface area (Å²) in [6.07, 6.45) is 3.95. The van der Waals surface area contributed by atoms with E-state index >= 15 is 0 Å². The first kappa shape index (κ1) is 22.3. The number of benzene rings is 2. The Balaban J connectivity index is 1.69. The molecule has 164 valence electrons. The van der Waals surface area contributed by atoms with E-state index in [2.05, 4.69) is 35.1 Å². The quantitative estimate of drug-likeness (QED) is 0.249. The van der Waals surface area contributed by atoms with Gasteiger partial charge in [-0.2, -0.15) is 10.5 Å². The lowest BCUT2D eigenvalue weighted by Gasteiger charge is -2.14. The van der Waals surface area contributed by atoms with Gasteiger partial charge in [-0.15, -0.1) is 11.8 Å².